The predicted molar refractivity (Wildman–Crippen MR) is 86.1 cm³/mol. The Morgan fingerprint density at radius 1 is 0.958 bits per heavy atom. The fraction of sp³-hybridized carbons (Fsp3) is 0.333. The van der Waals surface area contributed by atoms with Crippen molar-refractivity contribution in [2.75, 3.05) is 14.2 Å². The van der Waals surface area contributed by atoms with Crippen LogP contribution >= 0.6 is 11.8 Å². The van der Waals surface area contributed by atoms with Crippen LogP contribution in [-0.2, 0) is 12.2 Å². The van der Waals surface area contributed by atoms with Crippen LogP contribution in [0.1, 0.15) is 18.7 Å². The molecular formula is C15H16N4O4S. The molecule has 3 aromatic rings. The Morgan fingerprint density at radius 3 is 2.46 bits per heavy atom. The maximum Gasteiger partial charge on any atom is 0.277 e. The van der Waals surface area contributed by atoms with Crippen molar-refractivity contribution in [1.29, 1.82) is 0 Å². The van der Waals surface area contributed by atoms with E-state index in [1.54, 1.807) is 26.4 Å². The lowest BCUT2D eigenvalue weighted by atomic mass is 10.2. The third kappa shape index (κ3) is 3.51. The van der Waals surface area contributed by atoms with E-state index in [0.717, 1.165) is 5.56 Å². The lowest BCUT2D eigenvalue weighted by molar-refractivity contribution is 0.355. The predicted octanol–water partition coefficient (Wildman–Crippen LogP) is 2.99. The number of aromatic nitrogens is 4. The molecule has 0 saturated heterocycles. The summed E-state index contributed by atoms with van der Waals surface area (Å²) in [6.45, 7) is 1.96. The molecule has 0 radical (unpaired) electrons. The summed E-state index contributed by atoms with van der Waals surface area (Å²) >= 11 is 1.34. The van der Waals surface area contributed by atoms with Gasteiger partial charge < -0.3 is 18.3 Å². The molecule has 9 heteroatoms. The number of benzene rings is 1. The Labute approximate surface area is 142 Å². The molecule has 3 rings (SSSR count). The number of hydrogen-bond acceptors (Lipinski definition) is 9. The number of hydrogen-bond donors (Lipinski definition) is 0. The van der Waals surface area contributed by atoms with Gasteiger partial charge in [0.2, 0.25) is 17.7 Å². The van der Waals surface area contributed by atoms with Crippen LogP contribution < -0.4 is 9.47 Å². The standard InChI is InChI=1S/C15H16N4O4S/c1-4-12-16-17-13(22-12)8-24-15-19-18-14(23-15)9-5-6-10(20-2)11(7-9)21-3/h5-7H,4,8H2,1-3H3. The van der Waals surface area contributed by atoms with Crippen LogP contribution in [0.2, 0.25) is 0 Å². The molecule has 0 aliphatic rings. The first-order valence-corrected chi connectivity index (χ1v) is 8.22. The van der Waals surface area contributed by atoms with E-state index in [2.05, 4.69) is 20.4 Å². The molecule has 2 aromatic heterocycles. The number of nitrogens with zero attached hydrogens (tertiary/aromatic N) is 4. The van der Waals surface area contributed by atoms with Crippen LogP contribution in [0.3, 0.4) is 0 Å². The molecule has 0 unspecified atom stereocenters. The average Bonchev–Trinajstić information content (AvgIpc) is 3.28. The van der Waals surface area contributed by atoms with Gasteiger partial charge in [0.25, 0.3) is 5.22 Å². The quantitative estimate of drug-likeness (QED) is 0.597. The summed E-state index contributed by atoms with van der Waals surface area (Å²) in [5, 5.41) is 16.4. The summed E-state index contributed by atoms with van der Waals surface area (Å²) in [7, 11) is 3.16. The maximum atomic E-state index is 5.65. The van der Waals surface area contributed by atoms with Gasteiger partial charge >= 0.3 is 0 Å². The first kappa shape index (κ1) is 16.3. The van der Waals surface area contributed by atoms with Crippen LogP contribution in [0, 0.1) is 0 Å². The van der Waals surface area contributed by atoms with Gasteiger partial charge in [-0.2, -0.15) is 0 Å². The van der Waals surface area contributed by atoms with Crippen LogP contribution in [0.15, 0.2) is 32.3 Å². The lowest BCUT2D eigenvalue weighted by Gasteiger charge is -2.07. The van der Waals surface area contributed by atoms with Crippen LogP contribution in [-0.4, -0.2) is 34.6 Å². The van der Waals surface area contributed by atoms with E-state index >= 15 is 0 Å². The van der Waals surface area contributed by atoms with Crippen molar-refractivity contribution in [3.05, 3.63) is 30.0 Å². The zero-order valence-electron chi connectivity index (χ0n) is 13.5. The van der Waals surface area contributed by atoms with Crippen molar-refractivity contribution in [2.45, 2.75) is 24.3 Å². The number of methoxy groups -OCH3 is 2. The Hall–Kier alpha value is -2.55. The Kier molecular flexibility index (Phi) is 4.99. The molecule has 2 heterocycles. The third-order valence-electron chi connectivity index (χ3n) is 3.17. The summed E-state index contributed by atoms with van der Waals surface area (Å²) in [4.78, 5) is 0. The molecule has 0 aliphatic carbocycles. The van der Waals surface area contributed by atoms with E-state index in [0.29, 0.717) is 46.6 Å². The van der Waals surface area contributed by atoms with Crippen molar-refractivity contribution >= 4 is 11.8 Å². The van der Waals surface area contributed by atoms with Crippen molar-refractivity contribution in [3.63, 3.8) is 0 Å². The van der Waals surface area contributed by atoms with Crippen molar-refractivity contribution in [1.82, 2.24) is 20.4 Å². The smallest absolute Gasteiger partial charge is 0.277 e. The molecule has 0 fully saturated rings. The first-order chi connectivity index (χ1) is 11.7. The minimum absolute atomic E-state index is 0.401. The van der Waals surface area contributed by atoms with Gasteiger partial charge in [0.15, 0.2) is 11.5 Å². The topological polar surface area (TPSA) is 96.3 Å². The highest BCUT2D eigenvalue weighted by atomic mass is 32.2. The van der Waals surface area contributed by atoms with Gasteiger partial charge in [0.05, 0.1) is 20.0 Å². The van der Waals surface area contributed by atoms with Crippen molar-refractivity contribution in [3.8, 4) is 23.0 Å². The second kappa shape index (κ2) is 7.35. The number of aryl methyl sites for hydroxylation is 1. The Balaban J connectivity index is 1.71. The molecule has 0 saturated carbocycles. The molecule has 8 nitrogen and oxygen atoms in total. The van der Waals surface area contributed by atoms with Gasteiger partial charge in [-0.05, 0) is 18.2 Å². The average molecular weight is 348 g/mol. The van der Waals surface area contributed by atoms with E-state index in [9.17, 15) is 0 Å². The van der Waals surface area contributed by atoms with Gasteiger partial charge in [-0.1, -0.05) is 18.7 Å². The van der Waals surface area contributed by atoms with Gasteiger partial charge in [-0.3, -0.25) is 0 Å². The molecule has 0 spiro atoms. The zero-order chi connectivity index (χ0) is 16.9. The minimum atomic E-state index is 0.401. The summed E-state index contributed by atoms with van der Waals surface area (Å²) in [6.07, 6.45) is 0.710. The number of rotatable bonds is 7. The second-order valence-corrected chi connectivity index (χ2v) is 5.60. The fourth-order valence-corrected chi connectivity index (χ4v) is 2.57. The van der Waals surface area contributed by atoms with Gasteiger partial charge in [-0.25, -0.2) is 0 Å². The molecule has 0 N–H and O–H groups in total. The van der Waals surface area contributed by atoms with Crippen molar-refractivity contribution < 1.29 is 18.3 Å². The molecule has 1 aromatic carbocycles. The van der Waals surface area contributed by atoms with Crippen molar-refractivity contribution in [2.24, 2.45) is 0 Å². The molecule has 126 valence electrons. The summed E-state index contributed by atoms with van der Waals surface area (Å²) < 4.78 is 21.6. The van der Waals surface area contributed by atoms with Gasteiger partial charge in [0, 0.05) is 12.0 Å². The largest absolute Gasteiger partial charge is 0.493 e. The van der Waals surface area contributed by atoms with E-state index in [4.69, 9.17) is 18.3 Å². The molecule has 24 heavy (non-hydrogen) atoms. The number of ether oxygens (including phenoxy) is 2. The van der Waals surface area contributed by atoms with E-state index in [-0.39, 0.29) is 0 Å². The first-order valence-electron chi connectivity index (χ1n) is 7.23. The lowest BCUT2D eigenvalue weighted by Crippen LogP contribution is -1.90. The minimum Gasteiger partial charge on any atom is -0.493 e. The summed E-state index contributed by atoms with van der Waals surface area (Å²) in [5.41, 5.74) is 0.748. The highest BCUT2D eigenvalue weighted by molar-refractivity contribution is 7.98. The summed E-state index contributed by atoms with van der Waals surface area (Å²) in [5.74, 6) is 3.25. The van der Waals surface area contributed by atoms with E-state index in [1.807, 2.05) is 13.0 Å². The highest BCUT2D eigenvalue weighted by Gasteiger charge is 2.14. The van der Waals surface area contributed by atoms with Gasteiger partial charge in [-0.15, -0.1) is 20.4 Å². The molecule has 0 bridgehead atoms. The molecule has 0 aliphatic heterocycles. The van der Waals surface area contributed by atoms with Crippen LogP contribution in [0.5, 0.6) is 11.5 Å². The second-order valence-electron chi connectivity index (χ2n) is 4.67. The van der Waals surface area contributed by atoms with Gasteiger partial charge in [0.1, 0.15) is 0 Å². The SMILES string of the molecule is CCc1nnc(CSc2nnc(-c3ccc(OC)c(OC)c3)o2)o1. The van der Waals surface area contributed by atoms with Crippen LogP contribution in [0.4, 0.5) is 0 Å². The monoisotopic (exact) mass is 348 g/mol. The summed E-state index contributed by atoms with van der Waals surface area (Å²) in [6, 6.07) is 5.40. The van der Waals surface area contributed by atoms with E-state index < -0.39 is 0 Å². The molecular weight excluding hydrogens is 332 g/mol. The fourth-order valence-electron chi connectivity index (χ4n) is 1.97. The Bertz CT molecular complexity index is 817. The molecule has 0 atom stereocenters. The maximum absolute atomic E-state index is 5.65. The Morgan fingerprint density at radius 2 is 1.75 bits per heavy atom. The number of thioether (sulfide) groups is 1. The third-order valence-corrected chi connectivity index (χ3v) is 3.97. The van der Waals surface area contributed by atoms with E-state index in [1.165, 1.54) is 11.8 Å². The van der Waals surface area contributed by atoms with Crippen LogP contribution in [0.25, 0.3) is 11.5 Å². The normalized spacial score (nSPS) is 10.8. The zero-order valence-corrected chi connectivity index (χ0v) is 14.3. The molecule has 0 amide bonds. The highest BCUT2D eigenvalue weighted by Crippen LogP contribution is 2.32.